The molecule has 0 radical (unpaired) electrons. The molecule has 0 aliphatic heterocycles. The fraction of sp³-hybridized carbons (Fsp3) is 0.188. The molecular formula is C16H16FNO3. The van der Waals surface area contributed by atoms with Crippen LogP contribution in [0.2, 0.25) is 0 Å². The van der Waals surface area contributed by atoms with Gasteiger partial charge in [0.25, 0.3) is 0 Å². The van der Waals surface area contributed by atoms with Gasteiger partial charge in [-0.2, -0.15) is 0 Å². The van der Waals surface area contributed by atoms with E-state index in [1.54, 1.807) is 13.2 Å². The molecule has 1 atom stereocenters. The van der Waals surface area contributed by atoms with Gasteiger partial charge >= 0.3 is 5.97 Å². The van der Waals surface area contributed by atoms with E-state index in [9.17, 15) is 9.18 Å². The highest BCUT2D eigenvalue weighted by Gasteiger charge is 2.12. The van der Waals surface area contributed by atoms with E-state index in [1.165, 1.54) is 12.1 Å². The lowest BCUT2D eigenvalue weighted by Crippen LogP contribution is -2.08. The molecule has 0 saturated heterocycles. The maximum atomic E-state index is 13.6. The van der Waals surface area contributed by atoms with E-state index in [-0.39, 0.29) is 11.6 Å². The van der Waals surface area contributed by atoms with E-state index in [2.05, 4.69) is 5.32 Å². The lowest BCUT2D eigenvalue weighted by atomic mass is 10.1. The first-order chi connectivity index (χ1) is 10.0. The standard InChI is InChI=1S/C16H16FNO3/c1-10(11-3-6-13(21-2)7-4-11)18-12-5-8-14(16(19)20)15(17)9-12/h3-10,18H,1-2H3,(H,19,20). The number of rotatable bonds is 5. The Bertz CT molecular complexity index is 640. The Labute approximate surface area is 122 Å². The summed E-state index contributed by atoms with van der Waals surface area (Å²) in [5.74, 6) is -1.26. The van der Waals surface area contributed by atoms with Gasteiger partial charge in [0, 0.05) is 11.7 Å². The van der Waals surface area contributed by atoms with Gasteiger partial charge in [-0.3, -0.25) is 0 Å². The zero-order valence-corrected chi connectivity index (χ0v) is 11.8. The summed E-state index contributed by atoms with van der Waals surface area (Å²) in [7, 11) is 1.60. The van der Waals surface area contributed by atoms with Crippen LogP contribution in [0.15, 0.2) is 42.5 Å². The number of ether oxygens (including phenoxy) is 1. The van der Waals surface area contributed by atoms with Crippen LogP contribution < -0.4 is 10.1 Å². The second kappa shape index (κ2) is 6.26. The summed E-state index contributed by atoms with van der Waals surface area (Å²) in [4.78, 5) is 10.8. The summed E-state index contributed by atoms with van der Waals surface area (Å²) in [6.45, 7) is 1.94. The molecule has 110 valence electrons. The van der Waals surface area contributed by atoms with Crippen molar-refractivity contribution in [1.29, 1.82) is 0 Å². The Morgan fingerprint density at radius 3 is 2.43 bits per heavy atom. The summed E-state index contributed by atoms with van der Waals surface area (Å²) < 4.78 is 18.7. The topological polar surface area (TPSA) is 58.6 Å². The van der Waals surface area contributed by atoms with Crippen LogP contribution in [0.1, 0.15) is 28.9 Å². The summed E-state index contributed by atoms with van der Waals surface area (Å²) in [5, 5.41) is 11.9. The van der Waals surface area contributed by atoms with Crippen LogP contribution in [0.3, 0.4) is 0 Å². The minimum Gasteiger partial charge on any atom is -0.497 e. The molecule has 2 aromatic rings. The summed E-state index contributed by atoms with van der Waals surface area (Å²) >= 11 is 0. The number of benzene rings is 2. The van der Waals surface area contributed by atoms with Crippen LogP contribution in [-0.4, -0.2) is 18.2 Å². The molecule has 2 aromatic carbocycles. The molecule has 0 spiro atoms. The number of carboxylic acids is 1. The zero-order valence-electron chi connectivity index (χ0n) is 11.8. The minimum atomic E-state index is -1.28. The number of anilines is 1. The van der Waals surface area contributed by atoms with Crippen molar-refractivity contribution < 1.29 is 19.0 Å². The smallest absolute Gasteiger partial charge is 0.338 e. The predicted molar refractivity (Wildman–Crippen MR) is 78.4 cm³/mol. The average molecular weight is 289 g/mol. The van der Waals surface area contributed by atoms with Crippen LogP contribution in [0.5, 0.6) is 5.75 Å². The van der Waals surface area contributed by atoms with Crippen molar-refractivity contribution in [2.45, 2.75) is 13.0 Å². The Morgan fingerprint density at radius 2 is 1.90 bits per heavy atom. The quantitative estimate of drug-likeness (QED) is 0.881. The number of carboxylic acid groups (broad SMARTS) is 1. The van der Waals surface area contributed by atoms with Crippen LogP contribution in [0.25, 0.3) is 0 Å². The van der Waals surface area contributed by atoms with Crippen LogP contribution in [-0.2, 0) is 0 Å². The first-order valence-corrected chi connectivity index (χ1v) is 6.44. The molecule has 1 unspecified atom stereocenters. The molecule has 0 aliphatic rings. The molecule has 2 N–H and O–H groups in total. The maximum Gasteiger partial charge on any atom is 0.338 e. The third-order valence-electron chi connectivity index (χ3n) is 3.20. The van der Waals surface area contributed by atoms with E-state index in [0.717, 1.165) is 11.3 Å². The number of aromatic carboxylic acids is 1. The molecule has 0 aromatic heterocycles. The van der Waals surface area contributed by atoms with E-state index in [4.69, 9.17) is 9.84 Å². The van der Waals surface area contributed by atoms with Gasteiger partial charge in [0.2, 0.25) is 0 Å². The van der Waals surface area contributed by atoms with Gasteiger partial charge in [0.05, 0.1) is 12.7 Å². The number of nitrogens with one attached hydrogen (secondary N) is 1. The number of hydrogen-bond donors (Lipinski definition) is 2. The van der Waals surface area contributed by atoms with Gasteiger partial charge < -0.3 is 15.2 Å². The van der Waals surface area contributed by atoms with Crippen molar-refractivity contribution in [3.8, 4) is 5.75 Å². The summed E-state index contributed by atoms with van der Waals surface area (Å²) in [6, 6.07) is 11.5. The lowest BCUT2D eigenvalue weighted by Gasteiger charge is -2.16. The fourth-order valence-corrected chi connectivity index (χ4v) is 2.00. The fourth-order valence-electron chi connectivity index (χ4n) is 2.00. The van der Waals surface area contributed by atoms with Gasteiger partial charge in [-0.1, -0.05) is 12.1 Å². The van der Waals surface area contributed by atoms with Crippen molar-refractivity contribution >= 4 is 11.7 Å². The molecule has 4 nitrogen and oxygen atoms in total. The van der Waals surface area contributed by atoms with Crippen molar-refractivity contribution in [1.82, 2.24) is 0 Å². The summed E-state index contributed by atoms with van der Waals surface area (Å²) in [5.41, 5.74) is 1.21. The van der Waals surface area contributed by atoms with Gasteiger partial charge in [-0.25, -0.2) is 9.18 Å². The first kappa shape index (κ1) is 14.8. The monoisotopic (exact) mass is 289 g/mol. The van der Waals surface area contributed by atoms with Gasteiger partial charge in [-0.15, -0.1) is 0 Å². The van der Waals surface area contributed by atoms with Crippen molar-refractivity contribution in [3.05, 3.63) is 59.4 Å². The molecular weight excluding hydrogens is 273 g/mol. The maximum absolute atomic E-state index is 13.6. The second-order valence-electron chi connectivity index (χ2n) is 4.64. The minimum absolute atomic E-state index is 0.0500. The van der Waals surface area contributed by atoms with Crippen molar-refractivity contribution in [2.24, 2.45) is 0 Å². The molecule has 0 bridgehead atoms. The number of methoxy groups -OCH3 is 1. The molecule has 0 saturated carbocycles. The number of halogens is 1. The third-order valence-corrected chi connectivity index (χ3v) is 3.20. The van der Waals surface area contributed by atoms with E-state index >= 15 is 0 Å². The largest absolute Gasteiger partial charge is 0.497 e. The van der Waals surface area contributed by atoms with Crippen molar-refractivity contribution in [2.75, 3.05) is 12.4 Å². The van der Waals surface area contributed by atoms with Crippen molar-refractivity contribution in [3.63, 3.8) is 0 Å². The second-order valence-corrected chi connectivity index (χ2v) is 4.64. The number of hydrogen-bond acceptors (Lipinski definition) is 3. The third kappa shape index (κ3) is 3.51. The molecule has 0 amide bonds. The molecule has 21 heavy (non-hydrogen) atoms. The molecule has 0 fully saturated rings. The van der Waals surface area contributed by atoms with E-state index in [1.807, 2.05) is 31.2 Å². The Balaban J connectivity index is 2.13. The summed E-state index contributed by atoms with van der Waals surface area (Å²) in [6.07, 6.45) is 0. The predicted octanol–water partition coefficient (Wildman–Crippen LogP) is 3.71. The van der Waals surface area contributed by atoms with Crippen LogP contribution in [0.4, 0.5) is 10.1 Å². The number of carbonyl (C=O) groups is 1. The van der Waals surface area contributed by atoms with E-state index < -0.39 is 11.8 Å². The molecule has 0 heterocycles. The highest BCUT2D eigenvalue weighted by atomic mass is 19.1. The molecule has 0 aliphatic carbocycles. The molecule has 5 heteroatoms. The lowest BCUT2D eigenvalue weighted by molar-refractivity contribution is 0.0692. The van der Waals surface area contributed by atoms with Crippen LogP contribution in [0, 0.1) is 5.82 Å². The van der Waals surface area contributed by atoms with Gasteiger partial charge in [0.15, 0.2) is 0 Å². The SMILES string of the molecule is COc1ccc(C(C)Nc2ccc(C(=O)O)c(F)c2)cc1. The van der Waals surface area contributed by atoms with E-state index in [0.29, 0.717) is 5.69 Å². The normalized spacial score (nSPS) is 11.8. The van der Waals surface area contributed by atoms with Crippen LogP contribution >= 0.6 is 0 Å². The molecule has 2 rings (SSSR count). The highest BCUT2D eigenvalue weighted by Crippen LogP contribution is 2.23. The zero-order chi connectivity index (χ0) is 15.4. The Morgan fingerprint density at radius 1 is 1.24 bits per heavy atom. The average Bonchev–Trinajstić information content (AvgIpc) is 2.47. The first-order valence-electron chi connectivity index (χ1n) is 6.44. The van der Waals surface area contributed by atoms with Gasteiger partial charge in [0.1, 0.15) is 11.6 Å². The Kier molecular flexibility index (Phi) is 4.42. The highest BCUT2D eigenvalue weighted by molar-refractivity contribution is 5.88. The Hall–Kier alpha value is -2.56. The van der Waals surface area contributed by atoms with Gasteiger partial charge in [-0.05, 0) is 42.8 Å².